The third-order valence-corrected chi connectivity index (χ3v) is 5.82. The Balaban J connectivity index is 1.79. The number of carbonyl (C=O) groups excluding carboxylic acids is 2. The SMILES string of the molecule is CCCCCCCCC(=O)Oc1ccc(-c2ccc(C(=O)OCCC(C)CC)cc2)cc1. The molecule has 0 aliphatic heterocycles. The van der Waals surface area contributed by atoms with Crippen LogP contribution in [-0.4, -0.2) is 18.5 Å². The molecule has 2 aromatic rings. The average Bonchev–Trinajstić information content (AvgIpc) is 2.81. The van der Waals surface area contributed by atoms with Gasteiger partial charge in [0.2, 0.25) is 0 Å². The maximum atomic E-state index is 12.2. The largest absolute Gasteiger partial charge is 0.462 e. The topological polar surface area (TPSA) is 52.6 Å². The first-order chi connectivity index (χ1) is 15.5. The van der Waals surface area contributed by atoms with Gasteiger partial charge in [0.05, 0.1) is 12.2 Å². The molecule has 174 valence electrons. The molecule has 4 heteroatoms. The van der Waals surface area contributed by atoms with Gasteiger partial charge in [-0.2, -0.15) is 0 Å². The molecule has 0 aliphatic carbocycles. The van der Waals surface area contributed by atoms with E-state index in [1.807, 2.05) is 36.4 Å². The van der Waals surface area contributed by atoms with Crippen LogP contribution in [0.25, 0.3) is 11.1 Å². The van der Waals surface area contributed by atoms with E-state index in [2.05, 4.69) is 20.8 Å². The minimum absolute atomic E-state index is 0.176. The number of ether oxygens (including phenoxy) is 2. The normalized spacial score (nSPS) is 11.7. The summed E-state index contributed by atoms with van der Waals surface area (Å²) in [7, 11) is 0. The van der Waals surface area contributed by atoms with Gasteiger partial charge in [-0.25, -0.2) is 4.79 Å². The van der Waals surface area contributed by atoms with Crippen LogP contribution in [0.5, 0.6) is 5.75 Å². The summed E-state index contributed by atoms with van der Waals surface area (Å²) in [6, 6.07) is 14.9. The predicted octanol–water partition coefficient (Wildman–Crippen LogP) is 7.60. The molecule has 32 heavy (non-hydrogen) atoms. The molecule has 2 rings (SSSR count). The summed E-state index contributed by atoms with van der Waals surface area (Å²) >= 11 is 0. The van der Waals surface area contributed by atoms with Gasteiger partial charge in [0.25, 0.3) is 0 Å². The first-order valence-electron chi connectivity index (χ1n) is 12.1. The molecule has 0 aromatic heterocycles. The maximum Gasteiger partial charge on any atom is 0.338 e. The summed E-state index contributed by atoms with van der Waals surface area (Å²) in [5.74, 6) is 0.658. The zero-order valence-electron chi connectivity index (χ0n) is 19.9. The van der Waals surface area contributed by atoms with Crippen molar-refractivity contribution in [2.45, 2.75) is 78.6 Å². The van der Waals surface area contributed by atoms with E-state index in [0.29, 0.717) is 30.3 Å². The lowest BCUT2D eigenvalue weighted by molar-refractivity contribution is -0.134. The van der Waals surface area contributed by atoms with Gasteiger partial charge in [-0.15, -0.1) is 0 Å². The molecule has 1 unspecified atom stereocenters. The van der Waals surface area contributed by atoms with Gasteiger partial charge < -0.3 is 9.47 Å². The van der Waals surface area contributed by atoms with E-state index in [1.54, 1.807) is 12.1 Å². The molecular formula is C28H38O4. The second kappa shape index (κ2) is 14.4. The Morgan fingerprint density at radius 1 is 0.812 bits per heavy atom. The maximum absolute atomic E-state index is 12.2. The molecule has 0 amide bonds. The van der Waals surface area contributed by atoms with E-state index < -0.39 is 0 Å². The van der Waals surface area contributed by atoms with Crippen LogP contribution in [0.4, 0.5) is 0 Å². The summed E-state index contributed by atoms with van der Waals surface area (Å²) in [5, 5.41) is 0. The molecular weight excluding hydrogens is 400 g/mol. The Kier molecular flexibility index (Phi) is 11.6. The summed E-state index contributed by atoms with van der Waals surface area (Å²) in [6.07, 6.45) is 9.32. The molecule has 2 aromatic carbocycles. The minimum atomic E-state index is -0.285. The molecule has 4 nitrogen and oxygen atoms in total. The van der Waals surface area contributed by atoms with Gasteiger partial charge in [-0.05, 0) is 54.2 Å². The smallest absolute Gasteiger partial charge is 0.338 e. The lowest BCUT2D eigenvalue weighted by Gasteiger charge is -2.09. The van der Waals surface area contributed by atoms with E-state index >= 15 is 0 Å². The summed E-state index contributed by atoms with van der Waals surface area (Å²) in [5.41, 5.74) is 2.54. The highest BCUT2D eigenvalue weighted by molar-refractivity contribution is 5.90. The molecule has 0 saturated heterocycles. The highest BCUT2D eigenvalue weighted by Gasteiger charge is 2.09. The Bertz CT molecular complexity index is 808. The molecule has 0 bridgehead atoms. The van der Waals surface area contributed by atoms with E-state index in [4.69, 9.17) is 9.47 Å². The number of rotatable bonds is 14. The predicted molar refractivity (Wildman–Crippen MR) is 130 cm³/mol. The van der Waals surface area contributed by atoms with Gasteiger partial charge >= 0.3 is 11.9 Å². The molecule has 0 saturated carbocycles. The second-order valence-electron chi connectivity index (χ2n) is 8.53. The molecule has 0 heterocycles. The Morgan fingerprint density at radius 3 is 2.03 bits per heavy atom. The number of hydrogen-bond donors (Lipinski definition) is 0. The molecule has 0 spiro atoms. The molecule has 1 atom stereocenters. The number of esters is 2. The van der Waals surface area contributed by atoms with Crippen LogP contribution in [0.3, 0.4) is 0 Å². The number of carbonyl (C=O) groups is 2. The van der Waals surface area contributed by atoms with Crippen LogP contribution in [0.2, 0.25) is 0 Å². The van der Waals surface area contributed by atoms with Crippen molar-refractivity contribution in [3.63, 3.8) is 0 Å². The Morgan fingerprint density at radius 2 is 1.41 bits per heavy atom. The van der Waals surface area contributed by atoms with Gasteiger partial charge in [-0.3, -0.25) is 4.79 Å². The van der Waals surface area contributed by atoms with Crippen molar-refractivity contribution < 1.29 is 19.1 Å². The number of hydrogen-bond acceptors (Lipinski definition) is 4. The van der Waals surface area contributed by atoms with Crippen molar-refractivity contribution in [3.05, 3.63) is 54.1 Å². The van der Waals surface area contributed by atoms with E-state index in [-0.39, 0.29) is 11.9 Å². The molecule has 0 aliphatic rings. The summed E-state index contributed by atoms with van der Waals surface area (Å²) < 4.78 is 10.8. The quantitative estimate of drug-likeness (QED) is 0.173. The van der Waals surface area contributed by atoms with Crippen molar-refractivity contribution in [1.29, 1.82) is 0 Å². The second-order valence-corrected chi connectivity index (χ2v) is 8.53. The first kappa shape index (κ1) is 25.6. The van der Waals surface area contributed by atoms with E-state index in [1.165, 1.54) is 25.7 Å². The monoisotopic (exact) mass is 438 g/mol. The highest BCUT2D eigenvalue weighted by Crippen LogP contribution is 2.23. The molecule has 0 N–H and O–H groups in total. The third-order valence-electron chi connectivity index (χ3n) is 5.82. The highest BCUT2D eigenvalue weighted by atomic mass is 16.5. The van der Waals surface area contributed by atoms with E-state index in [0.717, 1.165) is 36.8 Å². The van der Waals surface area contributed by atoms with Gasteiger partial charge in [0, 0.05) is 6.42 Å². The van der Waals surface area contributed by atoms with Crippen LogP contribution < -0.4 is 4.74 Å². The standard InChI is InChI=1S/C28H38O4/c1-4-6-7-8-9-10-11-27(29)32-26-18-16-24(17-19-26)23-12-14-25(15-13-23)28(30)31-21-20-22(3)5-2/h12-19,22H,4-11,20-21H2,1-3H3. The van der Waals surface area contributed by atoms with Crippen LogP contribution in [0.1, 0.15) is 88.9 Å². The van der Waals surface area contributed by atoms with Gasteiger partial charge in [-0.1, -0.05) is 83.6 Å². The van der Waals surface area contributed by atoms with Crippen molar-refractivity contribution in [2.24, 2.45) is 5.92 Å². The molecule has 0 radical (unpaired) electrons. The fraction of sp³-hybridized carbons (Fsp3) is 0.500. The number of unbranched alkanes of at least 4 members (excludes halogenated alkanes) is 5. The van der Waals surface area contributed by atoms with Crippen molar-refractivity contribution in [1.82, 2.24) is 0 Å². The fourth-order valence-corrected chi connectivity index (χ4v) is 3.39. The van der Waals surface area contributed by atoms with E-state index in [9.17, 15) is 9.59 Å². The third kappa shape index (κ3) is 9.25. The Hall–Kier alpha value is -2.62. The Labute approximate surface area is 193 Å². The lowest BCUT2D eigenvalue weighted by atomic mass is 10.0. The first-order valence-corrected chi connectivity index (χ1v) is 12.1. The summed E-state index contributed by atoms with van der Waals surface area (Å²) in [6.45, 7) is 6.95. The van der Waals surface area contributed by atoms with Crippen LogP contribution in [0, 0.1) is 5.92 Å². The minimum Gasteiger partial charge on any atom is -0.462 e. The van der Waals surface area contributed by atoms with Crippen LogP contribution in [0.15, 0.2) is 48.5 Å². The van der Waals surface area contributed by atoms with Gasteiger partial charge in [0.15, 0.2) is 0 Å². The van der Waals surface area contributed by atoms with Crippen molar-refractivity contribution >= 4 is 11.9 Å². The molecule has 0 fully saturated rings. The average molecular weight is 439 g/mol. The van der Waals surface area contributed by atoms with Crippen LogP contribution >= 0.6 is 0 Å². The zero-order chi connectivity index (χ0) is 23.2. The van der Waals surface area contributed by atoms with Crippen molar-refractivity contribution in [2.75, 3.05) is 6.61 Å². The van der Waals surface area contributed by atoms with Crippen LogP contribution in [-0.2, 0) is 9.53 Å². The van der Waals surface area contributed by atoms with Gasteiger partial charge in [0.1, 0.15) is 5.75 Å². The van der Waals surface area contributed by atoms with Crippen molar-refractivity contribution in [3.8, 4) is 16.9 Å². The zero-order valence-corrected chi connectivity index (χ0v) is 19.9. The number of benzene rings is 2. The lowest BCUT2D eigenvalue weighted by Crippen LogP contribution is -2.08. The fourth-order valence-electron chi connectivity index (χ4n) is 3.39. The summed E-state index contributed by atoms with van der Waals surface area (Å²) in [4.78, 5) is 24.2.